The van der Waals surface area contributed by atoms with Crippen LogP contribution >= 0.6 is 11.6 Å². The molecule has 0 spiro atoms. The first-order chi connectivity index (χ1) is 13.5. The SMILES string of the molecule is CN(C)C(=O)COc1ccccc1C(=O)N1CCN(c2ccccc2Cl)CC1. The second-order valence-electron chi connectivity index (χ2n) is 6.80. The van der Waals surface area contributed by atoms with Crippen molar-refractivity contribution >= 4 is 29.1 Å². The van der Waals surface area contributed by atoms with Crippen LogP contribution in [0.2, 0.25) is 5.02 Å². The summed E-state index contributed by atoms with van der Waals surface area (Å²) in [5.74, 6) is 0.179. The van der Waals surface area contributed by atoms with Gasteiger partial charge in [0.25, 0.3) is 11.8 Å². The van der Waals surface area contributed by atoms with E-state index in [4.69, 9.17) is 16.3 Å². The molecule has 2 amide bonds. The van der Waals surface area contributed by atoms with Crippen molar-refractivity contribution in [3.63, 3.8) is 0 Å². The van der Waals surface area contributed by atoms with Crippen molar-refractivity contribution < 1.29 is 14.3 Å². The van der Waals surface area contributed by atoms with Crippen LogP contribution in [0.1, 0.15) is 10.4 Å². The first-order valence-corrected chi connectivity index (χ1v) is 9.56. The lowest BCUT2D eigenvalue weighted by atomic mass is 10.1. The van der Waals surface area contributed by atoms with Crippen LogP contribution in [0.25, 0.3) is 0 Å². The molecule has 0 bridgehead atoms. The van der Waals surface area contributed by atoms with Crippen LogP contribution in [-0.2, 0) is 4.79 Å². The van der Waals surface area contributed by atoms with Gasteiger partial charge in [0.05, 0.1) is 16.3 Å². The number of benzene rings is 2. The van der Waals surface area contributed by atoms with E-state index in [1.165, 1.54) is 4.90 Å². The topological polar surface area (TPSA) is 53.1 Å². The van der Waals surface area contributed by atoms with Crippen LogP contribution in [-0.4, -0.2) is 68.5 Å². The second-order valence-corrected chi connectivity index (χ2v) is 7.21. The highest BCUT2D eigenvalue weighted by atomic mass is 35.5. The van der Waals surface area contributed by atoms with E-state index in [2.05, 4.69) is 4.90 Å². The number of hydrogen-bond acceptors (Lipinski definition) is 4. The molecule has 1 aliphatic rings. The maximum Gasteiger partial charge on any atom is 0.259 e. The molecule has 0 saturated carbocycles. The molecule has 2 aromatic rings. The molecule has 0 aliphatic carbocycles. The Morgan fingerprint density at radius 2 is 1.64 bits per heavy atom. The lowest BCUT2D eigenvalue weighted by Gasteiger charge is -2.36. The molecule has 1 aliphatic heterocycles. The maximum absolute atomic E-state index is 13.0. The van der Waals surface area contributed by atoms with E-state index in [0.29, 0.717) is 42.5 Å². The highest BCUT2D eigenvalue weighted by Gasteiger charge is 2.25. The van der Waals surface area contributed by atoms with Gasteiger partial charge < -0.3 is 19.4 Å². The number of rotatable bonds is 5. The summed E-state index contributed by atoms with van der Waals surface area (Å²) in [6.07, 6.45) is 0. The van der Waals surface area contributed by atoms with Gasteiger partial charge in [-0.25, -0.2) is 0 Å². The highest BCUT2D eigenvalue weighted by Crippen LogP contribution is 2.27. The molecule has 6 nitrogen and oxygen atoms in total. The fraction of sp³-hybridized carbons (Fsp3) is 0.333. The molecular weight excluding hydrogens is 378 g/mol. The highest BCUT2D eigenvalue weighted by molar-refractivity contribution is 6.33. The molecule has 3 rings (SSSR count). The minimum absolute atomic E-state index is 0.0910. The fourth-order valence-electron chi connectivity index (χ4n) is 3.07. The van der Waals surface area contributed by atoms with Gasteiger partial charge in [-0.15, -0.1) is 0 Å². The largest absolute Gasteiger partial charge is 0.483 e. The number of nitrogens with zero attached hydrogens (tertiary/aromatic N) is 3. The number of ether oxygens (including phenoxy) is 1. The van der Waals surface area contributed by atoms with Crippen molar-refractivity contribution in [2.45, 2.75) is 0 Å². The molecule has 1 heterocycles. The Bertz CT molecular complexity index is 848. The Morgan fingerprint density at radius 1 is 1.00 bits per heavy atom. The molecule has 1 saturated heterocycles. The Hall–Kier alpha value is -2.73. The lowest BCUT2D eigenvalue weighted by molar-refractivity contribution is -0.130. The average Bonchev–Trinajstić information content (AvgIpc) is 2.72. The summed E-state index contributed by atoms with van der Waals surface area (Å²) in [7, 11) is 3.34. The summed E-state index contributed by atoms with van der Waals surface area (Å²) in [6.45, 7) is 2.50. The Balaban J connectivity index is 1.65. The predicted octanol–water partition coefficient (Wildman–Crippen LogP) is 2.77. The fourth-order valence-corrected chi connectivity index (χ4v) is 3.32. The summed E-state index contributed by atoms with van der Waals surface area (Å²) in [5.41, 5.74) is 1.46. The summed E-state index contributed by atoms with van der Waals surface area (Å²) >= 11 is 6.29. The number of likely N-dealkylation sites (N-methyl/N-ethyl adjacent to an activating group) is 1. The van der Waals surface area contributed by atoms with Gasteiger partial charge in [-0.05, 0) is 24.3 Å². The normalized spacial score (nSPS) is 14.0. The molecular formula is C21H24ClN3O3. The standard InChI is InChI=1S/C21H24ClN3O3/c1-23(2)20(26)15-28-19-10-6-3-7-16(19)21(27)25-13-11-24(12-14-25)18-9-5-4-8-17(18)22/h3-10H,11-15H2,1-2H3. The van der Waals surface area contributed by atoms with E-state index in [1.807, 2.05) is 29.2 Å². The lowest BCUT2D eigenvalue weighted by Crippen LogP contribution is -2.49. The smallest absolute Gasteiger partial charge is 0.259 e. The summed E-state index contributed by atoms with van der Waals surface area (Å²) in [4.78, 5) is 30.3. The van der Waals surface area contributed by atoms with Crippen LogP contribution in [0.5, 0.6) is 5.75 Å². The number of piperazine rings is 1. The van der Waals surface area contributed by atoms with E-state index >= 15 is 0 Å². The zero-order chi connectivity index (χ0) is 20.1. The van der Waals surface area contributed by atoms with Crippen LogP contribution in [0, 0.1) is 0 Å². The number of para-hydroxylation sites is 2. The Morgan fingerprint density at radius 3 is 2.32 bits per heavy atom. The molecule has 0 radical (unpaired) electrons. The van der Waals surface area contributed by atoms with E-state index in [-0.39, 0.29) is 18.4 Å². The van der Waals surface area contributed by atoms with Gasteiger partial charge in [-0.2, -0.15) is 0 Å². The minimum atomic E-state index is -0.157. The number of carbonyl (C=O) groups excluding carboxylic acids is 2. The van der Waals surface area contributed by atoms with E-state index < -0.39 is 0 Å². The molecule has 1 fully saturated rings. The average molecular weight is 402 g/mol. The predicted molar refractivity (Wildman–Crippen MR) is 110 cm³/mol. The molecule has 148 valence electrons. The van der Waals surface area contributed by atoms with Gasteiger partial charge in [0, 0.05) is 40.3 Å². The molecule has 0 aromatic heterocycles. The third-order valence-corrected chi connectivity index (χ3v) is 5.05. The zero-order valence-corrected chi connectivity index (χ0v) is 16.9. The van der Waals surface area contributed by atoms with Gasteiger partial charge in [0.2, 0.25) is 0 Å². The van der Waals surface area contributed by atoms with E-state index in [0.717, 1.165) is 5.69 Å². The zero-order valence-electron chi connectivity index (χ0n) is 16.1. The summed E-state index contributed by atoms with van der Waals surface area (Å²) < 4.78 is 5.61. The van der Waals surface area contributed by atoms with Gasteiger partial charge in [0.15, 0.2) is 6.61 Å². The van der Waals surface area contributed by atoms with E-state index in [9.17, 15) is 9.59 Å². The van der Waals surface area contributed by atoms with E-state index in [1.54, 1.807) is 38.4 Å². The van der Waals surface area contributed by atoms with Crippen molar-refractivity contribution in [1.29, 1.82) is 0 Å². The van der Waals surface area contributed by atoms with Crippen LogP contribution in [0.3, 0.4) is 0 Å². The number of amides is 2. The molecule has 28 heavy (non-hydrogen) atoms. The summed E-state index contributed by atoms with van der Waals surface area (Å²) in [6, 6.07) is 14.8. The molecule has 0 N–H and O–H groups in total. The van der Waals surface area contributed by atoms with Crippen molar-refractivity contribution in [3.05, 3.63) is 59.1 Å². The third kappa shape index (κ3) is 4.57. The van der Waals surface area contributed by atoms with Gasteiger partial charge in [-0.3, -0.25) is 9.59 Å². The molecule has 7 heteroatoms. The summed E-state index contributed by atoms with van der Waals surface area (Å²) in [5, 5.41) is 0.714. The number of halogens is 1. The van der Waals surface area contributed by atoms with Crippen LogP contribution in [0.4, 0.5) is 5.69 Å². The van der Waals surface area contributed by atoms with Crippen molar-refractivity contribution in [2.24, 2.45) is 0 Å². The maximum atomic E-state index is 13.0. The first kappa shape index (κ1) is 20.0. The Labute approximate surface area is 170 Å². The minimum Gasteiger partial charge on any atom is -0.483 e. The first-order valence-electron chi connectivity index (χ1n) is 9.18. The van der Waals surface area contributed by atoms with Crippen LogP contribution in [0.15, 0.2) is 48.5 Å². The van der Waals surface area contributed by atoms with Crippen LogP contribution < -0.4 is 9.64 Å². The molecule has 0 atom stereocenters. The van der Waals surface area contributed by atoms with Crippen molar-refractivity contribution in [3.8, 4) is 5.75 Å². The second kappa shape index (κ2) is 8.97. The van der Waals surface area contributed by atoms with Gasteiger partial charge in [0.1, 0.15) is 5.75 Å². The van der Waals surface area contributed by atoms with Gasteiger partial charge >= 0.3 is 0 Å². The number of carbonyl (C=O) groups is 2. The quantitative estimate of drug-likeness (QED) is 0.773. The van der Waals surface area contributed by atoms with Crippen molar-refractivity contribution in [2.75, 3.05) is 51.8 Å². The van der Waals surface area contributed by atoms with Gasteiger partial charge in [-0.1, -0.05) is 35.9 Å². The number of anilines is 1. The number of hydrogen-bond donors (Lipinski definition) is 0. The monoisotopic (exact) mass is 401 g/mol. The molecule has 2 aromatic carbocycles. The third-order valence-electron chi connectivity index (χ3n) is 4.73. The molecule has 0 unspecified atom stereocenters. The Kier molecular flexibility index (Phi) is 6.41. The van der Waals surface area contributed by atoms with Crippen molar-refractivity contribution in [1.82, 2.24) is 9.80 Å².